The molecule has 0 aliphatic carbocycles. The summed E-state index contributed by atoms with van der Waals surface area (Å²) < 4.78 is 5.67. The van der Waals surface area contributed by atoms with Crippen LogP contribution < -0.4 is 10.6 Å². The van der Waals surface area contributed by atoms with Gasteiger partial charge in [-0.05, 0) is 57.2 Å². The van der Waals surface area contributed by atoms with Crippen LogP contribution in [0.5, 0.6) is 0 Å². The molecule has 2 unspecified atom stereocenters. The molecule has 2 N–H and O–H groups in total. The molecular formula is C25H30N2O4. The Labute approximate surface area is 183 Å². The van der Waals surface area contributed by atoms with Crippen LogP contribution in [0.4, 0.5) is 0 Å². The molecule has 6 heteroatoms. The number of rotatable bonds is 8. The quantitative estimate of drug-likeness (QED) is 0.497. The van der Waals surface area contributed by atoms with E-state index in [0.29, 0.717) is 30.4 Å². The first-order chi connectivity index (χ1) is 14.7. The van der Waals surface area contributed by atoms with Gasteiger partial charge < -0.3 is 4.74 Å². The molecule has 2 aromatic rings. The van der Waals surface area contributed by atoms with Crippen LogP contribution in [0.15, 0.2) is 48.5 Å². The Morgan fingerprint density at radius 1 is 1.03 bits per heavy atom. The van der Waals surface area contributed by atoms with E-state index in [1.165, 1.54) is 0 Å². The SMILES string of the molecule is CCC(NC(CCc1ccccc1)C(=O)OC(C)(C)C)c1cccc2c1C(=O)NC2=O. The summed E-state index contributed by atoms with van der Waals surface area (Å²) >= 11 is 0. The van der Waals surface area contributed by atoms with Crippen LogP contribution in [0.1, 0.15) is 78.4 Å². The average Bonchev–Trinajstić information content (AvgIpc) is 3.02. The fraction of sp³-hybridized carbons (Fsp3) is 0.400. The number of benzene rings is 2. The molecule has 2 amide bonds. The summed E-state index contributed by atoms with van der Waals surface area (Å²) in [4.78, 5) is 37.4. The topological polar surface area (TPSA) is 84.5 Å². The van der Waals surface area contributed by atoms with Crippen LogP contribution in [-0.2, 0) is 16.0 Å². The van der Waals surface area contributed by atoms with E-state index in [1.54, 1.807) is 12.1 Å². The normalized spacial score (nSPS) is 15.2. The van der Waals surface area contributed by atoms with Crippen molar-refractivity contribution in [2.24, 2.45) is 0 Å². The predicted molar refractivity (Wildman–Crippen MR) is 119 cm³/mol. The Bertz CT molecular complexity index is 963. The number of carbonyl (C=O) groups is 3. The van der Waals surface area contributed by atoms with E-state index in [0.717, 1.165) is 11.1 Å². The standard InChI is InChI=1S/C25H30N2O4/c1-5-19(17-12-9-13-18-21(17)23(29)27-22(18)28)26-20(24(30)31-25(2,3)4)15-14-16-10-7-6-8-11-16/h6-13,19-20,26H,5,14-15H2,1-4H3,(H,27,28,29). The lowest BCUT2D eigenvalue weighted by Crippen LogP contribution is -2.43. The van der Waals surface area contributed by atoms with Crippen LogP contribution in [-0.4, -0.2) is 29.4 Å². The molecule has 0 saturated heterocycles. The summed E-state index contributed by atoms with van der Waals surface area (Å²) in [5.41, 5.74) is 2.01. The van der Waals surface area contributed by atoms with E-state index in [-0.39, 0.29) is 17.9 Å². The number of carbonyl (C=O) groups excluding carboxylic acids is 3. The second-order valence-corrected chi connectivity index (χ2v) is 8.79. The minimum atomic E-state index is -0.605. The maximum Gasteiger partial charge on any atom is 0.323 e. The van der Waals surface area contributed by atoms with Crippen LogP contribution in [0.25, 0.3) is 0 Å². The number of hydrogen-bond acceptors (Lipinski definition) is 5. The monoisotopic (exact) mass is 422 g/mol. The molecule has 0 saturated carbocycles. The minimum Gasteiger partial charge on any atom is -0.459 e. The third-order valence-corrected chi connectivity index (χ3v) is 5.24. The highest BCUT2D eigenvalue weighted by atomic mass is 16.6. The molecule has 0 radical (unpaired) electrons. The van der Waals surface area contributed by atoms with Gasteiger partial charge in [0.15, 0.2) is 0 Å². The summed E-state index contributed by atoms with van der Waals surface area (Å²) in [5.74, 6) is -1.10. The van der Waals surface area contributed by atoms with Crippen molar-refractivity contribution in [3.63, 3.8) is 0 Å². The summed E-state index contributed by atoms with van der Waals surface area (Å²) in [5, 5.41) is 5.77. The molecule has 0 fully saturated rings. The van der Waals surface area contributed by atoms with Gasteiger partial charge in [-0.3, -0.25) is 25.0 Å². The lowest BCUT2D eigenvalue weighted by molar-refractivity contribution is -0.158. The first kappa shape index (κ1) is 22.7. The molecule has 3 rings (SSSR count). The van der Waals surface area contributed by atoms with E-state index in [2.05, 4.69) is 10.6 Å². The van der Waals surface area contributed by atoms with Gasteiger partial charge >= 0.3 is 5.97 Å². The van der Waals surface area contributed by atoms with Gasteiger partial charge in [-0.2, -0.15) is 0 Å². The molecular weight excluding hydrogens is 392 g/mol. The third-order valence-electron chi connectivity index (χ3n) is 5.24. The number of amides is 2. The predicted octanol–water partition coefficient (Wildman–Crippen LogP) is 3.95. The first-order valence-electron chi connectivity index (χ1n) is 10.7. The van der Waals surface area contributed by atoms with Crippen LogP contribution in [0.3, 0.4) is 0 Å². The van der Waals surface area contributed by atoms with Gasteiger partial charge in [0.1, 0.15) is 11.6 Å². The van der Waals surface area contributed by atoms with Crippen molar-refractivity contribution < 1.29 is 19.1 Å². The molecule has 1 aliphatic heterocycles. The van der Waals surface area contributed by atoms with Gasteiger partial charge in [-0.25, -0.2) is 0 Å². The summed E-state index contributed by atoms with van der Waals surface area (Å²) in [6.07, 6.45) is 1.90. The molecule has 0 spiro atoms. The number of esters is 1. The Morgan fingerprint density at radius 3 is 2.39 bits per heavy atom. The molecule has 164 valence electrons. The third kappa shape index (κ3) is 5.58. The molecule has 2 atom stereocenters. The van der Waals surface area contributed by atoms with E-state index in [4.69, 9.17) is 4.74 Å². The second-order valence-electron chi connectivity index (χ2n) is 8.79. The van der Waals surface area contributed by atoms with E-state index in [1.807, 2.05) is 64.1 Å². The van der Waals surface area contributed by atoms with E-state index >= 15 is 0 Å². The fourth-order valence-electron chi connectivity index (χ4n) is 3.80. The molecule has 0 bridgehead atoms. The number of ether oxygens (including phenoxy) is 1. The number of nitrogens with one attached hydrogen (secondary N) is 2. The lowest BCUT2D eigenvalue weighted by Gasteiger charge is -2.28. The van der Waals surface area contributed by atoms with Gasteiger partial charge in [-0.1, -0.05) is 49.4 Å². The first-order valence-corrected chi connectivity index (χ1v) is 10.7. The summed E-state index contributed by atoms with van der Waals surface area (Å²) in [6.45, 7) is 7.51. The van der Waals surface area contributed by atoms with Crippen molar-refractivity contribution in [1.29, 1.82) is 0 Å². The molecule has 0 aromatic heterocycles. The number of fused-ring (bicyclic) bond motifs is 1. The molecule has 2 aromatic carbocycles. The van der Waals surface area contributed by atoms with Crippen molar-refractivity contribution in [3.05, 3.63) is 70.8 Å². The fourth-order valence-corrected chi connectivity index (χ4v) is 3.80. The van der Waals surface area contributed by atoms with Crippen LogP contribution in [0, 0.1) is 0 Å². The lowest BCUT2D eigenvalue weighted by atomic mass is 9.94. The van der Waals surface area contributed by atoms with Crippen LogP contribution >= 0.6 is 0 Å². The zero-order chi connectivity index (χ0) is 22.6. The molecule has 31 heavy (non-hydrogen) atoms. The Hall–Kier alpha value is -2.99. The molecule has 1 heterocycles. The van der Waals surface area contributed by atoms with Crippen molar-refractivity contribution in [3.8, 4) is 0 Å². The average molecular weight is 423 g/mol. The maximum atomic E-state index is 13.0. The van der Waals surface area contributed by atoms with Crippen molar-refractivity contribution >= 4 is 17.8 Å². The highest BCUT2D eigenvalue weighted by molar-refractivity contribution is 6.22. The highest BCUT2D eigenvalue weighted by Gasteiger charge is 2.33. The zero-order valence-electron chi connectivity index (χ0n) is 18.5. The smallest absolute Gasteiger partial charge is 0.323 e. The highest BCUT2D eigenvalue weighted by Crippen LogP contribution is 2.28. The van der Waals surface area contributed by atoms with Gasteiger partial charge in [0.25, 0.3) is 11.8 Å². The molecule has 1 aliphatic rings. The Morgan fingerprint density at radius 2 is 1.74 bits per heavy atom. The van der Waals surface area contributed by atoms with Gasteiger partial charge in [0.2, 0.25) is 0 Å². The van der Waals surface area contributed by atoms with Crippen molar-refractivity contribution in [2.75, 3.05) is 0 Å². The number of aryl methyl sites for hydroxylation is 1. The van der Waals surface area contributed by atoms with E-state index < -0.39 is 17.6 Å². The number of imide groups is 1. The second kappa shape index (κ2) is 9.43. The Balaban J connectivity index is 1.86. The zero-order valence-corrected chi connectivity index (χ0v) is 18.5. The van der Waals surface area contributed by atoms with Gasteiger partial charge in [0, 0.05) is 6.04 Å². The minimum absolute atomic E-state index is 0.278. The largest absolute Gasteiger partial charge is 0.459 e. The number of hydrogen-bond donors (Lipinski definition) is 2. The summed E-state index contributed by atoms with van der Waals surface area (Å²) in [7, 11) is 0. The maximum absolute atomic E-state index is 13.0. The van der Waals surface area contributed by atoms with Crippen molar-refractivity contribution in [1.82, 2.24) is 10.6 Å². The van der Waals surface area contributed by atoms with E-state index in [9.17, 15) is 14.4 Å². The molecule has 6 nitrogen and oxygen atoms in total. The van der Waals surface area contributed by atoms with Gasteiger partial charge in [0.05, 0.1) is 11.1 Å². The summed E-state index contributed by atoms with van der Waals surface area (Å²) in [6, 6.07) is 14.4. The Kier molecular flexibility index (Phi) is 6.91. The van der Waals surface area contributed by atoms with Gasteiger partial charge in [-0.15, -0.1) is 0 Å². The van der Waals surface area contributed by atoms with Crippen LogP contribution in [0.2, 0.25) is 0 Å². The van der Waals surface area contributed by atoms with Crippen molar-refractivity contribution in [2.45, 2.75) is 64.6 Å².